The van der Waals surface area contributed by atoms with Gasteiger partial charge in [-0.1, -0.05) is 17.7 Å². The maximum atomic E-state index is 13.6. The number of nitrogens with zero attached hydrogens (tertiary/aromatic N) is 3. The third-order valence-corrected chi connectivity index (χ3v) is 3.58. The molecule has 0 bridgehead atoms. The maximum Gasteiger partial charge on any atom is 0.262 e. The molecule has 9 heteroatoms. The van der Waals surface area contributed by atoms with Gasteiger partial charge in [-0.25, -0.2) is 18.7 Å². The molecule has 3 aromatic rings. The van der Waals surface area contributed by atoms with Gasteiger partial charge in [-0.3, -0.25) is 9.78 Å². The van der Waals surface area contributed by atoms with Gasteiger partial charge in [-0.15, -0.1) is 0 Å². The van der Waals surface area contributed by atoms with Crippen LogP contribution in [0, 0.1) is 11.6 Å². The Labute approximate surface area is 151 Å². The lowest BCUT2D eigenvalue weighted by Gasteiger charge is -2.09. The van der Waals surface area contributed by atoms with Crippen LogP contribution in [0.4, 0.5) is 14.6 Å². The van der Waals surface area contributed by atoms with Crippen LogP contribution in [0.15, 0.2) is 42.9 Å². The number of benzene rings is 1. The number of methoxy groups -OCH3 is 1. The first-order valence-corrected chi connectivity index (χ1v) is 7.64. The average molecular weight is 377 g/mol. The van der Waals surface area contributed by atoms with Gasteiger partial charge in [0.05, 0.1) is 35.8 Å². The van der Waals surface area contributed by atoms with Crippen LogP contribution in [0.1, 0.15) is 10.4 Å². The van der Waals surface area contributed by atoms with E-state index in [9.17, 15) is 13.6 Å². The van der Waals surface area contributed by atoms with Crippen LogP contribution in [0.2, 0.25) is 5.02 Å². The number of amides is 1. The Kier molecular flexibility index (Phi) is 5.04. The number of nitrogens with one attached hydrogen (secondary N) is 1. The molecule has 132 valence electrons. The van der Waals surface area contributed by atoms with E-state index in [0.29, 0.717) is 22.2 Å². The third kappa shape index (κ3) is 3.60. The minimum absolute atomic E-state index is 0.0235. The number of ether oxygens (including phenoxy) is 1. The predicted octanol–water partition coefficient (Wildman–Crippen LogP) is 3.73. The summed E-state index contributed by atoms with van der Waals surface area (Å²) in [5.41, 5.74) is 0.205. The first-order valence-electron chi connectivity index (χ1n) is 7.27. The zero-order valence-corrected chi connectivity index (χ0v) is 14.1. The SMILES string of the molecule is COc1ncc(Cl)cc1-c1cnc(NC(=O)c2c(F)cccc2F)cn1. The summed E-state index contributed by atoms with van der Waals surface area (Å²) in [5.74, 6) is -2.59. The van der Waals surface area contributed by atoms with Crippen molar-refractivity contribution in [3.05, 3.63) is 65.1 Å². The van der Waals surface area contributed by atoms with Crippen molar-refractivity contribution in [3.8, 4) is 17.1 Å². The van der Waals surface area contributed by atoms with Crippen LogP contribution in [-0.4, -0.2) is 28.0 Å². The first-order chi connectivity index (χ1) is 12.5. The van der Waals surface area contributed by atoms with Crippen LogP contribution < -0.4 is 10.1 Å². The largest absolute Gasteiger partial charge is 0.481 e. The Balaban J connectivity index is 1.85. The van der Waals surface area contributed by atoms with Gasteiger partial charge in [0.15, 0.2) is 5.82 Å². The van der Waals surface area contributed by atoms with Crippen molar-refractivity contribution in [1.29, 1.82) is 0 Å². The second-order valence-electron chi connectivity index (χ2n) is 5.05. The second-order valence-corrected chi connectivity index (χ2v) is 5.48. The number of hydrogen-bond donors (Lipinski definition) is 1. The fraction of sp³-hybridized carbons (Fsp3) is 0.0588. The molecule has 1 amide bonds. The van der Waals surface area contributed by atoms with Gasteiger partial charge in [0.1, 0.15) is 17.2 Å². The topological polar surface area (TPSA) is 77.0 Å². The van der Waals surface area contributed by atoms with E-state index < -0.39 is 23.1 Å². The van der Waals surface area contributed by atoms with Crippen molar-refractivity contribution in [2.24, 2.45) is 0 Å². The molecule has 2 heterocycles. The highest BCUT2D eigenvalue weighted by Gasteiger charge is 2.18. The van der Waals surface area contributed by atoms with Gasteiger partial charge in [-0.2, -0.15) is 0 Å². The fourth-order valence-corrected chi connectivity index (χ4v) is 2.36. The molecule has 2 aromatic heterocycles. The lowest BCUT2D eigenvalue weighted by Crippen LogP contribution is -2.16. The highest BCUT2D eigenvalue weighted by atomic mass is 35.5. The summed E-state index contributed by atoms with van der Waals surface area (Å²) in [7, 11) is 1.45. The summed E-state index contributed by atoms with van der Waals surface area (Å²) in [6.45, 7) is 0. The Hall–Kier alpha value is -3.13. The second kappa shape index (κ2) is 7.40. The van der Waals surface area contributed by atoms with Crippen molar-refractivity contribution < 1.29 is 18.3 Å². The average Bonchev–Trinajstić information content (AvgIpc) is 2.62. The van der Waals surface area contributed by atoms with Gasteiger partial charge >= 0.3 is 0 Å². The first kappa shape index (κ1) is 17.7. The molecule has 0 spiro atoms. The van der Waals surface area contributed by atoms with E-state index in [-0.39, 0.29) is 5.82 Å². The van der Waals surface area contributed by atoms with Gasteiger partial charge < -0.3 is 10.1 Å². The van der Waals surface area contributed by atoms with Crippen molar-refractivity contribution in [2.75, 3.05) is 12.4 Å². The van der Waals surface area contributed by atoms with Crippen LogP contribution in [0.5, 0.6) is 5.88 Å². The summed E-state index contributed by atoms with van der Waals surface area (Å²) in [6, 6.07) is 4.75. The summed E-state index contributed by atoms with van der Waals surface area (Å²) < 4.78 is 32.4. The molecule has 6 nitrogen and oxygen atoms in total. The zero-order chi connectivity index (χ0) is 18.7. The van der Waals surface area contributed by atoms with Crippen molar-refractivity contribution in [1.82, 2.24) is 15.0 Å². The standard InChI is InChI=1S/C17H11ClF2N4O2/c1-26-17-10(5-9(18)6-23-17)13-7-22-14(8-21-13)24-16(25)15-11(19)3-2-4-12(15)20/h2-8H,1H3,(H,22,24,25). The van der Waals surface area contributed by atoms with Gasteiger partial charge in [0.25, 0.3) is 5.91 Å². The smallest absolute Gasteiger partial charge is 0.262 e. The Morgan fingerprint density at radius 1 is 1.12 bits per heavy atom. The van der Waals surface area contributed by atoms with Gasteiger partial charge in [0.2, 0.25) is 5.88 Å². The summed E-state index contributed by atoms with van der Waals surface area (Å²) >= 11 is 5.93. The number of pyridine rings is 1. The number of anilines is 1. The number of carbonyl (C=O) groups excluding carboxylic acids is 1. The van der Waals surface area contributed by atoms with Crippen molar-refractivity contribution in [3.63, 3.8) is 0 Å². The van der Waals surface area contributed by atoms with E-state index >= 15 is 0 Å². The highest BCUT2D eigenvalue weighted by molar-refractivity contribution is 6.30. The van der Waals surface area contributed by atoms with Crippen LogP contribution in [0.3, 0.4) is 0 Å². The van der Waals surface area contributed by atoms with E-state index in [0.717, 1.165) is 12.1 Å². The molecule has 3 rings (SSSR count). The molecule has 0 aliphatic rings. The molecule has 0 radical (unpaired) electrons. The Morgan fingerprint density at radius 2 is 1.85 bits per heavy atom. The molecule has 0 atom stereocenters. The molecule has 26 heavy (non-hydrogen) atoms. The summed E-state index contributed by atoms with van der Waals surface area (Å²) in [5, 5.41) is 2.68. The van der Waals surface area contributed by atoms with Crippen molar-refractivity contribution >= 4 is 23.3 Å². The molecular weight excluding hydrogens is 366 g/mol. The monoisotopic (exact) mass is 376 g/mol. The lowest BCUT2D eigenvalue weighted by molar-refractivity contribution is 0.101. The van der Waals surface area contributed by atoms with Crippen LogP contribution >= 0.6 is 11.6 Å². The molecule has 0 saturated heterocycles. The van der Waals surface area contributed by atoms with Crippen molar-refractivity contribution in [2.45, 2.75) is 0 Å². The molecule has 0 saturated carbocycles. The predicted molar refractivity (Wildman–Crippen MR) is 91.1 cm³/mol. The number of aromatic nitrogens is 3. The molecule has 0 fully saturated rings. The Morgan fingerprint density at radius 3 is 2.46 bits per heavy atom. The van der Waals surface area contributed by atoms with Crippen LogP contribution in [0.25, 0.3) is 11.3 Å². The van der Waals surface area contributed by atoms with Gasteiger partial charge in [-0.05, 0) is 18.2 Å². The summed E-state index contributed by atoms with van der Waals surface area (Å²) in [4.78, 5) is 24.2. The Bertz CT molecular complexity index is 947. The minimum Gasteiger partial charge on any atom is -0.481 e. The lowest BCUT2D eigenvalue weighted by atomic mass is 10.2. The maximum absolute atomic E-state index is 13.6. The number of halogens is 3. The molecule has 0 aliphatic heterocycles. The molecule has 1 N–H and O–H groups in total. The van der Waals surface area contributed by atoms with E-state index in [1.807, 2.05) is 0 Å². The highest BCUT2D eigenvalue weighted by Crippen LogP contribution is 2.28. The third-order valence-electron chi connectivity index (χ3n) is 3.37. The van der Waals surface area contributed by atoms with Gasteiger partial charge in [0, 0.05) is 6.20 Å². The van der Waals surface area contributed by atoms with E-state index in [1.54, 1.807) is 6.07 Å². The molecular formula is C17H11ClF2N4O2. The number of rotatable bonds is 4. The van der Waals surface area contributed by atoms with E-state index in [1.165, 1.54) is 31.8 Å². The molecule has 0 aliphatic carbocycles. The van der Waals surface area contributed by atoms with Crippen LogP contribution in [-0.2, 0) is 0 Å². The summed E-state index contributed by atoms with van der Waals surface area (Å²) in [6.07, 6.45) is 4.02. The quantitative estimate of drug-likeness (QED) is 0.750. The number of carbonyl (C=O) groups is 1. The number of hydrogen-bond acceptors (Lipinski definition) is 5. The van der Waals surface area contributed by atoms with E-state index in [2.05, 4.69) is 20.3 Å². The van der Waals surface area contributed by atoms with E-state index in [4.69, 9.17) is 16.3 Å². The zero-order valence-electron chi connectivity index (χ0n) is 13.3. The molecule has 1 aromatic carbocycles. The minimum atomic E-state index is -0.971. The normalized spacial score (nSPS) is 10.5. The fourth-order valence-electron chi connectivity index (χ4n) is 2.20. The molecule has 0 unspecified atom stereocenters.